The number of hydrogen-bond acceptors (Lipinski definition) is 4. The Balaban J connectivity index is 1.39. The van der Waals surface area contributed by atoms with Crippen LogP contribution in [0, 0.1) is 0 Å². The van der Waals surface area contributed by atoms with Crippen LogP contribution in [0.4, 0.5) is 17.3 Å². The molecule has 3 aromatic heterocycles. The van der Waals surface area contributed by atoms with E-state index in [-0.39, 0.29) is 0 Å². The zero-order valence-corrected chi connectivity index (χ0v) is 22.4. The van der Waals surface area contributed by atoms with Gasteiger partial charge in [-0.2, -0.15) is 0 Å². The van der Waals surface area contributed by atoms with Crippen molar-refractivity contribution in [2.75, 3.05) is 4.90 Å². The molecule has 0 unspecified atom stereocenters. The molecule has 0 amide bonds. The number of aromatic nitrogens is 4. The fourth-order valence-corrected chi connectivity index (χ4v) is 7.02. The van der Waals surface area contributed by atoms with Crippen LogP contribution in [0.3, 0.4) is 0 Å². The monoisotopic (exact) mass is 535 g/mol. The molecule has 5 nitrogen and oxygen atoms in total. The summed E-state index contributed by atoms with van der Waals surface area (Å²) in [6, 6.07) is 42.6. The molecule has 0 radical (unpaired) electrons. The lowest BCUT2D eigenvalue weighted by Crippen LogP contribution is -2.21. The summed E-state index contributed by atoms with van der Waals surface area (Å²) in [6.45, 7) is 0. The molecule has 0 bridgehead atoms. The van der Waals surface area contributed by atoms with Gasteiger partial charge in [0.2, 0.25) is 5.95 Å². The Morgan fingerprint density at radius 2 is 1.19 bits per heavy atom. The van der Waals surface area contributed by atoms with E-state index in [1.54, 1.807) is 0 Å². The standard InChI is InChI=1S/C37H21N5/c1-2-10-22(11-3-1)32-27-12-4-5-18-29(27)39-37(40-32)41-30-19-7-15-26-25-14-6-13-24-23-17-9-21-38-33(23)28-16-8-20-31(41)36(28)42(34(24)25)35(26)30/h1-21H. The maximum Gasteiger partial charge on any atom is 0.235 e. The average molecular weight is 536 g/mol. The van der Waals surface area contributed by atoms with E-state index in [0.29, 0.717) is 5.95 Å². The summed E-state index contributed by atoms with van der Waals surface area (Å²) in [7, 11) is 0. The molecule has 5 heteroatoms. The summed E-state index contributed by atoms with van der Waals surface area (Å²) in [6.07, 6.45) is 1.89. The topological polar surface area (TPSA) is 46.8 Å². The van der Waals surface area contributed by atoms with Crippen LogP contribution in [0.15, 0.2) is 128 Å². The molecule has 0 spiro atoms. The first-order chi connectivity index (χ1) is 20.9. The van der Waals surface area contributed by atoms with E-state index >= 15 is 0 Å². The van der Waals surface area contributed by atoms with Crippen LogP contribution in [0.25, 0.3) is 72.0 Å². The highest BCUT2D eigenvalue weighted by molar-refractivity contribution is 6.21. The third-order valence-corrected chi connectivity index (χ3v) is 8.70. The highest BCUT2D eigenvalue weighted by atomic mass is 15.3. The second-order valence-electron chi connectivity index (χ2n) is 10.9. The Bertz CT molecular complexity index is 2420. The Kier molecular flexibility index (Phi) is 4.12. The SMILES string of the molecule is c1ccc(-c2nc(N3c4cccc5c4-n4c6c(cccc6c6cccc3c64)-c3cccnc3-5)nc3ccccc23)cc1. The molecule has 0 aliphatic carbocycles. The Morgan fingerprint density at radius 3 is 2.12 bits per heavy atom. The van der Waals surface area contributed by atoms with Crippen molar-refractivity contribution >= 4 is 50.0 Å². The lowest BCUT2D eigenvalue weighted by molar-refractivity contribution is 1.06. The zero-order chi connectivity index (χ0) is 27.4. The number of para-hydroxylation sites is 4. The van der Waals surface area contributed by atoms with E-state index in [2.05, 4.69) is 113 Å². The summed E-state index contributed by atoms with van der Waals surface area (Å²) in [4.78, 5) is 17.7. The highest BCUT2D eigenvalue weighted by Crippen LogP contribution is 2.55. The van der Waals surface area contributed by atoms with Crippen molar-refractivity contribution in [3.05, 3.63) is 128 Å². The van der Waals surface area contributed by atoms with Crippen LogP contribution < -0.4 is 4.90 Å². The van der Waals surface area contributed by atoms with E-state index in [1.165, 1.54) is 21.9 Å². The second-order valence-corrected chi connectivity index (χ2v) is 10.9. The maximum atomic E-state index is 5.31. The largest absolute Gasteiger partial charge is 0.304 e. The van der Waals surface area contributed by atoms with Crippen molar-refractivity contribution in [2.24, 2.45) is 0 Å². The lowest BCUT2D eigenvalue weighted by Gasteiger charge is -2.32. The van der Waals surface area contributed by atoms with Crippen LogP contribution in [-0.2, 0) is 0 Å². The van der Waals surface area contributed by atoms with E-state index in [9.17, 15) is 0 Å². The van der Waals surface area contributed by atoms with Crippen LogP contribution in [0.5, 0.6) is 0 Å². The predicted octanol–water partition coefficient (Wildman–Crippen LogP) is 9.22. The van der Waals surface area contributed by atoms with E-state index in [4.69, 9.17) is 15.0 Å². The molecule has 42 heavy (non-hydrogen) atoms. The third kappa shape index (κ3) is 2.70. The Labute approximate surface area is 241 Å². The number of pyridine rings is 1. The molecule has 2 aliphatic heterocycles. The van der Waals surface area contributed by atoms with Gasteiger partial charge in [0.15, 0.2) is 0 Å². The van der Waals surface area contributed by atoms with Crippen molar-refractivity contribution in [3.8, 4) is 39.3 Å². The first kappa shape index (κ1) is 21.9. The molecular weight excluding hydrogens is 514 g/mol. The number of fused-ring (bicyclic) bond motifs is 5. The van der Waals surface area contributed by atoms with Crippen molar-refractivity contribution in [2.45, 2.75) is 0 Å². The molecule has 0 N–H and O–H groups in total. The highest BCUT2D eigenvalue weighted by Gasteiger charge is 2.35. The van der Waals surface area contributed by atoms with E-state index < -0.39 is 0 Å². The Hall–Kier alpha value is -5.81. The fourth-order valence-electron chi connectivity index (χ4n) is 7.02. The quantitative estimate of drug-likeness (QED) is 0.221. The molecule has 194 valence electrons. The molecule has 10 rings (SSSR count). The Morgan fingerprint density at radius 1 is 0.476 bits per heavy atom. The van der Waals surface area contributed by atoms with Crippen molar-refractivity contribution in [3.63, 3.8) is 0 Å². The molecule has 5 aromatic carbocycles. The predicted molar refractivity (Wildman–Crippen MR) is 170 cm³/mol. The fraction of sp³-hybridized carbons (Fsp3) is 0. The first-order valence-corrected chi connectivity index (χ1v) is 14.1. The van der Waals surface area contributed by atoms with Gasteiger partial charge in [-0.05, 0) is 24.3 Å². The van der Waals surface area contributed by atoms with Gasteiger partial charge in [-0.25, -0.2) is 9.97 Å². The minimum Gasteiger partial charge on any atom is -0.304 e. The summed E-state index contributed by atoms with van der Waals surface area (Å²) in [5.74, 6) is 0.649. The van der Waals surface area contributed by atoms with Crippen molar-refractivity contribution < 1.29 is 0 Å². The molecule has 2 aliphatic rings. The summed E-state index contributed by atoms with van der Waals surface area (Å²) in [5, 5.41) is 3.48. The minimum absolute atomic E-state index is 0.649. The summed E-state index contributed by atoms with van der Waals surface area (Å²) >= 11 is 0. The number of anilines is 3. The first-order valence-electron chi connectivity index (χ1n) is 14.1. The second kappa shape index (κ2) is 7.89. The van der Waals surface area contributed by atoms with Crippen LogP contribution >= 0.6 is 0 Å². The number of rotatable bonds is 2. The van der Waals surface area contributed by atoms with Crippen LogP contribution in [0.1, 0.15) is 0 Å². The van der Waals surface area contributed by atoms with Crippen LogP contribution in [0.2, 0.25) is 0 Å². The van der Waals surface area contributed by atoms with Gasteiger partial charge in [-0.3, -0.25) is 9.88 Å². The van der Waals surface area contributed by atoms with Crippen molar-refractivity contribution in [1.29, 1.82) is 0 Å². The van der Waals surface area contributed by atoms with Gasteiger partial charge in [0.1, 0.15) is 0 Å². The average Bonchev–Trinajstić information content (AvgIpc) is 3.33. The smallest absolute Gasteiger partial charge is 0.235 e. The number of hydrogen-bond donors (Lipinski definition) is 0. The molecule has 0 atom stereocenters. The van der Waals surface area contributed by atoms with Crippen molar-refractivity contribution in [1.82, 2.24) is 19.5 Å². The molecular formula is C37H21N5. The van der Waals surface area contributed by atoms with Gasteiger partial charge < -0.3 is 4.57 Å². The van der Waals surface area contributed by atoms with Gasteiger partial charge in [-0.1, -0.05) is 97.1 Å². The number of benzene rings is 5. The lowest BCUT2D eigenvalue weighted by atomic mass is 9.96. The molecule has 8 aromatic rings. The van der Waals surface area contributed by atoms with Gasteiger partial charge in [0.25, 0.3) is 0 Å². The summed E-state index contributed by atoms with van der Waals surface area (Å²) in [5.41, 5.74) is 12.9. The van der Waals surface area contributed by atoms with Gasteiger partial charge in [-0.15, -0.1) is 0 Å². The normalized spacial score (nSPS) is 12.7. The maximum absolute atomic E-state index is 5.31. The van der Waals surface area contributed by atoms with E-state index in [0.717, 1.165) is 61.6 Å². The molecule has 5 heterocycles. The summed E-state index contributed by atoms with van der Waals surface area (Å²) < 4.78 is 2.46. The van der Waals surface area contributed by atoms with Gasteiger partial charge in [0.05, 0.1) is 45.0 Å². The third-order valence-electron chi connectivity index (χ3n) is 8.70. The van der Waals surface area contributed by atoms with Gasteiger partial charge in [0, 0.05) is 44.6 Å². The molecule has 0 fully saturated rings. The molecule has 0 saturated heterocycles. The van der Waals surface area contributed by atoms with Crippen LogP contribution in [-0.4, -0.2) is 19.5 Å². The zero-order valence-electron chi connectivity index (χ0n) is 22.4. The number of nitrogens with zero attached hydrogens (tertiary/aromatic N) is 5. The van der Waals surface area contributed by atoms with Gasteiger partial charge >= 0.3 is 0 Å². The minimum atomic E-state index is 0.649. The van der Waals surface area contributed by atoms with E-state index in [1.807, 2.05) is 24.4 Å². The molecule has 0 saturated carbocycles.